The number of aliphatic carboxylic acids is 1. The van der Waals surface area contributed by atoms with Gasteiger partial charge in [-0.1, -0.05) is 38.1 Å². The van der Waals surface area contributed by atoms with E-state index in [9.17, 15) is 28.3 Å². The summed E-state index contributed by atoms with van der Waals surface area (Å²) in [7, 11) is 0. The lowest BCUT2D eigenvalue weighted by atomic mass is 9.98. The first kappa shape index (κ1) is 29.6. The van der Waals surface area contributed by atoms with Gasteiger partial charge < -0.3 is 15.0 Å². The number of aryl methyl sites for hydroxylation is 2. The van der Waals surface area contributed by atoms with Crippen LogP contribution in [0.2, 0.25) is 0 Å². The quantitative estimate of drug-likeness (QED) is 0.314. The summed E-state index contributed by atoms with van der Waals surface area (Å²) in [6.07, 6.45) is 1.58. The molecular weight excluding hydrogens is 536 g/mol. The topological polar surface area (TPSA) is 91.6 Å². The number of hydrogen-bond acceptors (Lipinski definition) is 5. The Morgan fingerprint density at radius 1 is 1.12 bits per heavy atom. The van der Waals surface area contributed by atoms with Gasteiger partial charge in [-0.15, -0.1) is 11.3 Å². The van der Waals surface area contributed by atoms with Gasteiger partial charge in [0.05, 0.1) is 25.6 Å². The van der Waals surface area contributed by atoms with Crippen LogP contribution < -0.4 is 10.9 Å². The maximum absolute atomic E-state index is 13.7. The first-order valence-corrected chi connectivity index (χ1v) is 14.2. The summed E-state index contributed by atoms with van der Waals surface area (Å²) in [6, 6.07) is 9.20. The van der Waals surface area contributed by atoms with Crippen molar-refractivity contribution in [1.82, 2.24) is 14.8 Å². The van der Waals surface area contributed by atoms with E-state index < -0.39 is 29.9 Å². The van der Waals surface area contributed by atoms with Crippen molar-refractivity contribution in [2.24, 2.45) is 5.92 Å². The van der Waals surface area contributed by atoms with E-state index in [1.54, 1.807) is 17.2 Å². The Morgan fingerprint density at radius 2 is 1.80 bits per heavy atom. The van der Waals surface area contributed by atoms with Gasteiger partial charge in [-0.05, 0) is 65.4 Å². The zero-order valence-electron chi connectivity index (χ0n) is 23.1. The fourth-order valence-electron chi connectivity index (χ4n) is 5.22. The molecule has 1 aromatic carbocycles. The molecule has 1 aliphatic rings. The molecule has 0 aliphatic carbocycles. The number of carbonyl (C=O) groups is 2. The molecule has 1 saturated heterocycles. The highest BCUT2D eigenvalue weighted by Gasteiger charge is 2.43. The number of thiophene rings is 1. The van der Waals surface area contributed by atoms with Gasteiger partial charge in [0.15, 0.2) is 0 Å². The van der Waals surface area contributed by atoms with Gasteiger partial charge in [-0.2, -0.15) is 0 Å². The summed E-state index contributed by atoms with van der Waals surface area (Å²) in [4.78, 5) is 40.9. The highest BCUT2D eigenvalue weighted by atomic mass is 32.1. The lowest BCUT2D eigenvalue weighted by molar-refractivity contribution is -0.138. The Morgan fingerprint density at radius 3 is 2.40 bits per heavy atom. The van der Waals surface area contributed by atoms with Crippen LogP contribution in [-0.2, 0) is 16.1 Å². The second-order valence-corrected chi connectivity index (χ2v) is 12.0. The minimum Gasteiger partial charge on any atom is -0.481 e. The van der Waals surface area contributed by atoms with Crippen LogP contribution >= 0.6 is 11.3 Å². The Balaban J connectivity index is 1.60. The molecule has 1 amide bonds. The highest BCUT2D eigenvalue weighted by Crippen LogP contribution is 2.35. The van der Waals surface area contributed by atoms with Gasteiger partial charge in [0.2, 0.25) is 5.91 Å². The summed E-state index contributed by atoms with van der Waals surface area (Å²) in [5, 5.41) is 14.4. The third-order valence-electron chi connectivity index (χ3n) is 7.09. The molecule has 7 nitrogen and oxygen atoms in total. The number of aromatic nitrogens is 1. The SMILES string of the molecule is Cc1cccc(C)c1-c1cc([C@@H](CC(=O)O)NC(=O)[C@@H](CC(C)C)n2cc(CN3CC(F)(F)C3)ccc2=O)cs1. The zero-order chi connectivity index (χ0) is 29.2. The Bertz CT molecular complexity index is 1420. The largest absolute Gasteiger partial charge is 0.481 e. The number of benzene rings is 1. The van der Waals surface area contributed by atoms with Crippen molar-refractivity contribution in [2.75, 3.05) is 13.1 Å². The van der Waals surface area contributed by atoms with E-state index in [1.165, 1.54) is 22.0 Å². The van der Waals surface area contributed by atoms with Crippen LogP contribution in [0.3, 0.4) is 0 Å². The number of alkyl halides is 2. The van der Waals surface area contributed by atoms with Crippen molar-refractivity contribution in [2.45, 2.75) is 65.1 Å². The van der Waals surface area contributed by atoms with Crippen LogP contribution in [0.4, 0.5) is 8.78 Å². The van der Waals surface area contributed by atoms with Crippen molar-refractivity contribution < 1.29 is 23.5 Å². The predicted molar refractivity (Wildman–Crippen MR) is 152 cm³/mol. The number of rotatable bonds is 11. The van der Waals surface area contributed by atoms with E-state index in [2.05, 4.69) is 5.32 Å². The van der Waals surface area contributed by atoms with Crippen molar-refractivity contribution >= 4 is 23.2 Å². The number of carboxylic acid groups (broad SMARTS) is 1. The average Bonchev–Trinajstić information content (AvgIpc) is 3.31. The summed E-state index contributed by atoms with van der Waals surface area (Å²) in [5.41, 5.74) is 4.23. The van der Waals surface area contributed by atoms with Crippen LogP contribution in [0.5, 0.6) is 0 Å². The minimum absolute atomic E-state index is 0.0510. The lowest BCUT2D eigenvalue weighted by Crippen LogP contribution is -2.55. The van der Waals surface area contributed by atoms with Crippen molar-refractivity contribution in [3.05, 3.63) is 80.6 Å². The molecule has 2 atom stereocenters. The van der Waals surface area contributed by atoms with Gasteiger partial charge in [0, 0.05) is 23.7 Å². The Hall–Kier alpha value is -3.37. The Kier molecular flexibility index (Phi) is 8.90. The minimum atomic E-state index is -2.70. The van der Waals surface area contributed by atoms with Gasteiger partial charge >= 0.3 is 5.97 Å². The molecule has 214 valence electrons. The number of carbonyl (C=O) groups excluding carboxylic acids is 1. The molecule has 4 rings (SSSR count). The Labute approximate surface area is 236 Å². The number of amides is 1. The van der Waals surface area contributed by atoms with E-state index in [0.29, 0.717) is 17.5 Å². The van der Waals surface area contributed by atoms with E-state index in [1.807, 2.05) is 57.3 Å². The molecular formula is C30H35F2N3O4S. The van der Waals surface area contributed by atoms with Gasteiger partial charge in [0.1, 0.15) is 6.04 Å². The maximum Gasteiger partial charge on any atom is 0.305 e. The number of pyridine rings is 1. The van der Waals surface area contributed by atoms with Gasteiger partial charge in [-0.3, -0.25) is 19.3 Å². The van der Waals surface area contributed by atoms with E-state index in [4.69, 9.17) is 0 Å². The molecule has 2 N–H and O–H groups in total. The fraction of sp³-hybridized carbons (Fsp3) is 0.433. The van der Waals surface area contributed by atoms with Crippen LogP contribution in [0.1, 0.15) is 61.0 Å². The van der Waals surface area contributed by atoms with Crippen molar-refractivity contribution in [1.29, 1.82) is 0 Å². The van der Waals surface area contributed by atoms with Crippen LogP contribution in [0.15, 0.2) is 52.8 Å². The molecule has 0 bridgehead atoms. The molecule has 10 heteroatoms. The number of carboxylic acids is 1. The zero-order valence-corrected chi connectivity index (χ0v) is 23.9. The van der Waals surface area contributed by atoms with E-state index in [0.717, 1.165) is 21.6 Å². The highest BCUT2D eigenvalue weighted by molar-refractivity contribution is 7.13. The van der Waals surface area contributed by atoms with Crippen LogP contribution in [0, 0.1) is 19.8 Å². The number of likely N-dealkylation sites (tertiary alicyclic amines) is 1. The summed E-state index contributed by atoms with van der Waals surface area (Å²) in [5.74, 6) is -4.17. The molecule has 0 radical (unpaired) electrons. The number of hydrogen-bond donors (Lipinski definition) is 2. The van der Waals surface area contributed by atoms with Gasteiger partial charge in [-0.25, -0.2) is 8.78 Å². The third-order valence-corrected chi connectivity index (χ3v) is 8.06. The molecule has 0 saturated carbocycles. The summed E-state index contributed by atoms with van der Waals surface area (Å²) in [6.45, 7) is 7.46. The van der Waals surface area contributed by atoms with Crippen molar-refractivity contribution in [3.8, 4) is 10.4 Å². The number of nitrogens with one attached hydrogen (secondary N) is 1. The average molecular weight is 572 g/mol. The molecule has 2 aromatic heterocycles. The van der Waals surface area contributed by atoms with Crippen LogP contribution in [0.25, 0.3) is 10.4 Å². The van der Waals surface area contributed by atoms with Crippen molar-refractivity contribution in [3.63, 3.8) is 0 Å². The standard InChI is InChI=1S/C30H35F2N3O4S/c1-18(2)10-24(35-14-21(8-9-26(35)36)13-34-16-30(31,32)17-34)29(39)33-23(12-27(37)38)22-11-25(40-15-22)28-19(3)6-5-7-20(28)4/h5-9,11,14-15,18,23-24H,10,12-13,16-17H2,1-4H3,(H,33,39)(H,37,38)/t23-,24-/m1/s1. The first-order chi connectivity index (χ1) is 18.8. The van der Waals surface area contributed by atoms with E-state index >= 15 is 0 Å². The van der Waals surface area contributed by atoms with Crippen LogP contribution in [-0.4, -0.2) is 45.5 Å². The molecule has 3 aromatic rings. The van der Waals surface area contributed by atoms with Gasteiger partial charge in [0.25, 0.3) is 11.5 Å². The van der Waals surface area contributed by atoms with E-state index in [-0.39, 0.29) is 37.5 Å². The number of nitrogens with zero attached hydrogens (tertiary/aromatic N) is 2. The first-order valence-electron chi connectivity index (χ1n) is 13.3. The smallest absolute Gasteiger partial charge is 0.305 e. The summed E-state index contributed by atoms with van der Waals surface area (Å²) >= 11 is 1.49. The second-order valence-electron chi connectivity index (χ2n) is 11.1. The maximum atomic E-state index is 13.7. The predicted octanol–water partition coefficient (Wildman–Crippen LogP) is 5.56. The molecule has 40 heavy (non-hydrogen) atoms. The molecule has 0 unspecified atom stereocenters. The monoisotopic (exact) mass is 571 g/mol. The molecule has 3 heterocycles. The fourth-order valence-corrected chi connectivity index (χ4v) is 6.36. The molecule has 1 fully saturated rings. The lowest BCUT2D eigenvalue weighted by Gasteiger charge is -2.38. The number of halogens is 2. The third kappa shape index (κ3) is 7.03. The molecule has 0 spiro atoms. The molecule has 1 aliphatic heterocycles. The second kappa shape index (κ2) is 12.0. The summed E-state index contributed by atoms with van der Waals surface area (Å²) < 4.78 is 28.0. The normalized spacial score (nSPS) is 16.4.